The molecule has 0 fully saturated rings. The van der Waals surface area contributed by atoms with Crippen molar-refractivity contribution in [1.82, 2.24) is 5.32 Å². The Hall–Kier alpha value is -1.59. The maximum Gasteiger partial charge on any atom is 0.327 e. The zero-order valence-corrected chi connectivity index (χ0v) is 12.3. The van der Waals surface area contributed by atoms with Crippen LogP contribution in [0.3, 0.4) is 0 Å². The summed E-state index contributed by atoms with van der Waals surface area (Å²) in [6, 6.07) is 6.93. The molecule has 0 aliphatic carbocycles. The van der Waals surface area contributed by atoms with Crippen LogP contribution in [-0.2, 0) is 14.3 Å². The predicted octanol–water partition coefficient (Wildman–Crippen LogP) is 1.93. The summed E-state index contributed by atoms with van der Waals surface area (Å²) < 4.78 is 15.7. The van der Waals surface area contributed by atoms with Gasteiger partial charge in [-0.25, -0.2) is 4.79 Å². The first kappa shape index (κ1) is 16.5. The van der Waals surface area contributed by atoms with E-state index in [1.165, 1.54) is 0 Å². The first-order valence-corrected chi connectivity index (χ1v) is 6.85. The van der Waals surface area contributed by atoms with Gasteiger partial charge in [0.2, 0.25) is 0 Å². The Bertz CT molecular complexity index is 409. The zero-order chi connectivity index (χ0) is 14.8. The van der Waals surface area contributed by atoms with Crippen LogP contribution in [-0.4, -0.2) is 39.4 Å². The molecule has 0 saturated carbocycles. The van der Waals surface area contributed by atoms with Crippen LogP contribution < -0.4 is 10.1 Å². The summed E-state index contributed by atoms with van der Waals surface area (Å²) in [5, 5.41) is 3.14. The smallest absolute Gasteiger partial charge is 0.327 e. The molecule has 5 heteroatoms. The van der Waals surface area contributed by atoms with Crippen molar-refractivity contribution in [3.63, 3.8) is 0 Å². The van der Waals surface area contributed by atoms with Gasteiger partial charge in [0.05, 0.1) is 19.8 Å². The highest BCUT2D eigenvalue weighted by Crippen LogP contribution is 2.26. The molecule has 0 aliphatic heterocycles. The third-order valence-electron chi connectivity index (χ3n) is 2.71. The normalized spacial score (nSPS) is 11.9. The summed E-state index contributed by atoms with van der Waals surface area (Å²) in [7, 11) is 1.62. The van der Waals surface area contributed by atoms with Crippen LogP contribution in [0.1, 0.15) is 25.5 Å². The van der Waals surface area contributed by atoms with Crippen LogP contribution >= 0.6 is 0 Å². The Kier molecular flexibility index (Phi) is 7.69. The first-order chi connectivity index (χ1) is 9.74. The summed E-state index contributed by atoms with van der Waals surface area (Å²) in [6.07, 6.45) is 0. The average Bonchev–Trinajstić information content (AvgIpc) is 2.45. The molecule has 0 aliphatic rings. The highest BCUT2D eigenvalue weighted by Gasteiger charge is 2.24. The molecule has 1 unspecified atom stereocenters. The Morgan fingerprint density at radius 3 is 2.65 bits per heavy atom. The van der Waals surface area contributed by atoms with Crippen molar-refractivity contribution >= 4 is 5.97 Å². The van der Waals surface area contributed by atoms with Gasteiger partial charge in [-0.1, -0.05) is 18.2 Å². The maximum absolute atomic E-state index is 12.1. The molecule has 0 heterocycles. The lowest BCUT2D eigenvalue weighted by Gasteiger charge is -2.20. The van der Waals surface area contributed by atoms with E-state index in [2.05, 4.69) is 5.32 Å². The van der Waals surface area contributed by atoms with Crippen molar-refractivity contribution in [3.8, 4) is 5.75 Å². The van der Waals surface area contributed by atoms with E-state index in [-0.39, 0.29) is 5.97 Å². The fourth-order valence-electron chi connectivity index (χ4n) is 1.86. The number of ether oxygens (including phenoxy) is 3. The van der Waals surface area contributed by atoms with E-state index in [1.807, 2.05) is 31.2 Å². The Balaban J connectivity index is 2.93. The van der Waals surface area contributed by atoms with Gasteiger partial charge in [0.15, 0.2) is 0 Å². The first-order valence-electron chi connectivity index (χ1n) is 6.85. The van der Waals surface area contributed by atoms with Gasteiger partial charge in [-0.3, -0.25) is 5.32 Å². The summed E-state index contributed by atoms with van der Waals surface area (Å²) in [6.45, 7) is 5.67. The van der Waals surface area contributed by atoms with E-state index < -0.39 is 6.04 Å². The average molecular weight is 281 g/mol. The standard InChI is InChI=1S/C15H23NO4/c1-4-19-13-9-7-6-8-12(13)14(15(17)20-5-2)16-10-11-18-3/h6-9,14,16H,4-5,10-11H2,1-3H3. The van der Waals surface area contributed by atoms with Gasteiger partial charge < -0.3 is 14.2 Å². The van der Waals surface area contributed by atoms with E-state index in [4.69, 9.17) is 14.2 Å². The molecule has 112 valence electrons. The van der Waals surface area contributed by atoms with E-state index in [0.717, 1.165) is 5.56 Å². The number of rotatable bonds is 9. The van der Waals surface area contributed by atoms with Crippen LogP contribution in [0, 0.1) is 0 Å². The number of hydrogen-bond acceptors (Lipinski definition) is 5. The molecular formula is C15H23NO4. The Morgan fingerprint density at radius 2 is 2.00 bits per heavy atom. The molecule has 1 aromatic rings. The van der Waals surface area contributed by atoms with Crippen molar-refractivity contribution in [2.24, 2.45) is 0 Å². The van der Waals surface area contributed by atoms with Crippen molar-refractivity contribution in [1.29, 1.82) is 0 Å². The highest BCUT2D eigenvalue weighted by atomic mass is 16.5. The van der Waals surface area contributed by atoms with E-state index in [9.17, 15) is 4.79 Å². The number of carbonyl (C=O) groups is 1. The summed E-state index contributed by atoms with van der Waals surface area (Å²) in [5.74, 6) is 0.383. The molecule has 0 aromatic heterocycles. The minimum Gasteiger partial charge on any atom is -0.494 e. The quantitative estimate of drug-likeness (QED) is 0.553. The lowest BCUT2D eigenvalue weighted by Crippen LogP contribution is -2.32. The van der Waals surface area contributed by atoms with Gasteiger partial charge in [-0.05, 0) is 19.9 Å². The fourth-order valence-corrected chi connectivity index (χ4v) is 1.86. The second kappa shape index (κ2) is 9.34. The van der Waals surface area contributed by atoms with Crippen LogP contribution in [0.2, 0.25) is 0 Å². The molecule has 1 aromatic carbocycles. The van der Waals surface area contributed by atoms with E-state index >= 15 is 0 Å². The number of benzene rings is 1. The zero-order valence-electron chi connectivity index (χ0n) is 12.3. The molecular weight excluding hydrogens is 258 g/mol. The monoisotopic (exact) mass is 281 g/mol. The summed E-state index contributed by atoms with van der Waals surface area (Å²) >= 11 is 0. The molecule has 20 heavy (non-hydrogen) atoms. The largest absolute Gasteiger partial charge is 0.494 e. The van der Waals surface area contributed by atoms with Gasteiger partial charge in [-0.15, -0.1) is 0 Å². The highest BCUT2D eigenvalue weighted by molar-refractivity contribution is 5.78. The Labute approximate surface area is 120 Å². The van der Waals surface area contributed by atoms with Gasteiger partial charge >= 0.3 is 5.97 Å². The summed E-state index contributed by atoms with van der Waals surface area (Å²) in [4.78, 5) is 12.1. The number of carbonyl (C=O) groups excluding carboxylic acids is 1. The molecule has 0 radical (unpaired) electrons. The molecule has 0 saturated heterocycles. The minimum atomic E-state index is -0.548. The minimum absolute atomic E-state index is 0.309. The third-order valence-corrected chi connectivity index (χ3v) is 2.71. The number of nitrogens with one attached hydrogen (secondary N) is 1. The predicted molar refractivity (Wildman–Crippen MR) is 76.9 cm³/mol. The van der Waals surface area contributed by atoms with E-state index in [0.29, 0.717) is 32.1 Å². The molecule has 0 bridgehead atoms. The van der Waals surface area contributed by atoms with Crippen molar-refractivity contribution in [2.45, 2.75) is 19.9 Å². The van der Waals surface area contributed by atoms with Crippen LogP contribution in [0.15, 0.2) is 24.3 Å². The van der Waals surface area contributed by atoms with Gasteiger partial charge in [0, 0.05) is 19.2 Å². The molecule has 0 spiro atoms. The lowest BCUT2D eigenvalue weighted by atomic mass is 10.1. The van der Waals surface area contributed by atoms with Gasteiger partial charge in [-0.2, -0.15) is 0 Å². The number of methoxy groups -OCH3 is 1. The topological polar surface area (TPSA) is 56.8 Å². The van der Waals surface area contributed by atoms with Crippen molar-refractivity contribution < 1.29 is 19.0 Å². The second-order valence-electron chi connectivity index (χ2n) is 4.10. The van der Waals surface area contributed by atoms with Gasteiger partial charge in [0.25, 0.3) is 0 Å². The molecule has 1 N–H and O–H groups in total. The second-order valence-corrected chi connectivity index (χ2v) is 4.10. The van der Waals surface area contributed by atoms with Crippen LogP contribution in [0.25, 0.3) is 0 Å². The molecule has 0 amide bonds. The van der Waals surface area contributed by atoms with Crippen molar-refractivity contribution in [3.05, 3.63) is 29.8 Å². The maximum atomic E-state index is 12.1. The molecule has 5 nitrogen and oxygen atoms in total. The molecule has 1 atom stereocenters. The SMILES string of the molecule is CCOC(=O)C(NCCOC)c1ccccc1OCC. The van der Waals surface area contributed by atoms with E-state index in [1.54, 1.807) is 14.0 Å². The van der Waals surface area contributed by atoms with Gasteiger partial charge in [0.1, 0.15) is 11.8 Å². The van der Waals surface area contributed by atoms with Crippen LogP contribution in [0.5, 0.6) is 5.75 Å². The molecule has 1 rings (SSSR count). The third kappa shape index (κ3) is 4.83. The number of hydrogen-bond donors (Lipinski definition) is 1. The summed E-state index contributed by atoms with van der Waals surface area (Å²) in [5.41, 5.74) is 0.781. The fraction of sp³-hybridized carbons (Fsp3) is 0.533. The van der Waals surface area contributed by atoms with Crippen LogP contribution in [0.4, 0.5) is 0 Å². The Morgan fingerprint density at radius 1 is 1.25 bits per heavy atom. The number of para-hydroxylation sites is 1. The lowest BCUT2D eigenvalue weighted by molar-refractivity contribution is -0.146. The van der Waals surface area contributed by atoms with Crippen molar-refractivity contribution in [2.75, 3.05) is 33.5 Å². The number of esters is 1.